The number of hydrogen-bond acceptors (Lipinski definition) is 6. The van der Waals surface area contributed by atoms with E-state index in [0.717, 1.165) is 97.6 Å². The van der Waals surface area contributed by atoms with Crippen LogP contribution in [0.15, 0.2) is 84.0 Å². The Morgan fingerprint density at radius 3 is 1.82 bits per heavy atom. The molecule has 0 bridgehead atoms. The van der Waals surface area contributed by atoms with Crippen molar-refractivity contribution in [1.82, 2.24) is 0 Å². The molecule has 7 nitrogen and oxygen atoms in total. The summed E-state index contributed by atoms with van der Waals surface area (Å²) in [6.07, 6.45) is 10.4. The molecule has 0 radical (unpaired) electrons. The van der Waals surface area contributed by atoms with Gasteiger partial charge in [-0.2, -0.15) is 0 Å². The van der Waals surface area contributed by atoms with Crippen LogP contribution in [0.25, 0.3) is 11.1 Å². The Morgan fingerprint density at radius 2 is 1.27 bits per heavy atom. The predicted octanol–water partition coefficient (Wildman–Crippen LogP) is 10.7. The molecule has 0 atom stereocenters. The first-order valence-electron chi connectivity index (χ1n) is 17.6. The van der Waals surface area contributed by atoms with E-state index in [-0.39, 0.29) is 23.0 Å². The third-order valence-corrected chi connectivity index (χ3v) is 10.1. The van der Waals surface area contributed by atoms with Gasteiger partial charge in [-0.25, -0.2) is 0 Å². The van der Waals surface area contributed by atoms with E-state index in [9.17, 15) is 24.9 Å². The zero-order valence-corrected chi connectivity index (χ0v) is 29.1. The lowest BCUT2D eigenvalue weighted by atomic mass is 9.70. The van der Waals surface area contributed by atoms with Gasteiger partial charge in [-0.15, -0.1) is 0 Å². The van der Waals surface area contributed by atoms with Crippen LogP contribution in [0.2, 0.25) is 0 Å². The van der Waals surface area contributed by atoms with Crippen LogP contribution >= 0.6 is 0 Å². The fourth-order valence-corrected chi connectivity index (χ4v) is 7.40. The number of Topliss-reactive ketones (excluding diaryl/α,β-unsaturated/α-hetero) is 1. The maximum Gasteiger partial charge on any atom is 0.269 e. The quantitative estimate of drug-likeness (QED) is 0.0322. The summed E-state index contributed by atoms with van der Waals surface area (Å²) in [4.78, 5) is 38.7. The Morgan fingerprint density at radius 1 is 0.714 bits per heavy atom. The summed E-state index contributed by atoms with van der Waals surface area (Å²) in [6.45, 7) is 8.25. The summed E-state index contributed by atoms with van der Waals surface area (Å²) >= 11 is 0. The lowest BCUT2D eigenvalue weighted by Gasteiger charge is -2.33. The van der Waals surface area contributed by atoms with Crippen LogP contribution in [0, 0.1) is 24.0 Å². The first kappa shape index (κ1) is 35.4. The van der Waals surface area contributed by atoms with Crippen LogP contribution in [0.5, 0.6) is 0 Å². The highest BCUT2D eigenvalue weighted by Crippen LogP contribution is 2.55. The highest BCUT2D eigenvalue weighted by atomic mass is 16.6. The second kappa shape index (κ2) is 15.5. The van der Waals surface area contributed by atoms with Gasteiger partial charge >= 0.3 is 0 Å². The van der Waals surface area contributed by atoms with Gasteiger partial charge in [-0.3, -0.25) is 19.7 Å². The van der Waals surface area contributed by atoms with E-state index in [1.54, 1.807) is 0 Å². The predicted molar refractivity (Wildman–Crippen MR) is 195 cm³/mol. The molecule has 0 spiro atoms. The molecule has 1 aliphatic rings. The number of carbonyl (C=O) groups is 2. The summed E-state index contributed by atoms with van der Waals surface area (Å²) in [5.41, 5.74) is 7.67. The van der Waals surface area contributed by atoms with Gasteiger partial charge in [0.05, 0.1) is 4.92 Å². The van der Waals surface area contributed by atoms with Gasteiger partial charge in [0.1, 0.15) is 0 Å². The first-order chi connectivity index (χ1) is 23.6. The first-order valence-corrected chi connectivity index (χ1v) is 17.6. The van der Waals surface area contributed by atoms with Crippen molar-refractivity contribution in [3.63, 3.8) is 0 Å². The molecule has 1 N–H and O–H groups in total. The number of rotatable bonds is 16. The zero-order valence-electron chi connectivity index (χ0n) is 29.1. The summed E-state index contributed by atoms with van der Waals surface area (Å²) in [7, 11) is 0. The van der Waals surface area contributed by atoms with Crippen molar-refractivity contribution in [3.8, 4) is 11.1 Å². The highest BCUT2D eigenvalue weighted by molar-refractivity contribution is 6.51. The molecule has 0 heterocycles. The Kier molecular flexibility index (Phi) is 11.2. The molecular formula is C42H46N2O5. The van der Waals surface area contributed by atoms with Gasteiger partial charge in [0.2, 0.25) is 5.78 Å². The third kappa shape index (κ3) is 7.26. The van der Waals surface area contributed by atoms with Crippen LogP contribution in [-0.4, -0.2) is 27.4 Å². The third-order valence-electron chi connectivity index (χ3n) is 10.1. The fourth-order valence-electron chi connectivity index (χ4n) is 7.40. The molecule has 49 heavy (non-hydrogen) atoms. The minimum Gasteiger partial charge on any atom is -0.410 e. The molecule has 5 rings (SSSR count). The molecule has 4 aromatic rings. The number of aryl methyl sites for hydroxylation is 2. The molecule has 1 aliphatic carbocycles. The van der Waals surface area contributed by atoms with E-state index in [1.807, 2.05) is 68.4 Å². The summed E-state index contributed by atoms with van der Waals surface area (Å²) in [6, 6.07) is 23.2. The average molecular weight is 659 g/mol. The minimum absolute atomic E-state index is 0.0177. The van der Waals surface area contributed by atoms with Crippen molar-refractivity contribution in [3.05, 3.63) is 133 Å². The fraction of sp³-hybridized carbons (Fsp3) is 0.357. The topological polar surface area (TPSA) is 110 Å². The van der Waals surface area contributed by atoms with E-state index in [1.165, 1.54) is 24.3 Å². The van der Waals surface area contributed by atoms with Crippen molar-refractivity contribution in [2.24, 2.45) is 5.16 Å². The summed E-state index contributed by atoms with van der Waals surface area (Å²) in [5, 5.41) is 24.8. The number of nitro benzene ring substituents is 1. The van der Waals surface area contributed by atoms with E-state index >= 15 is 0 Å². The number of non-ortho nitro benzene ring substituents is 1. The monoisotopic (exact) mass is 658 g/mol. The second-order valence-electron chi connectivity index (χ2n) is 13.5. The van der Waals surface area contributed by atoms with Gasteiger partial charge in [-0.1, -0.05) is 112 Å². The van der Waals surface area contributed by atoms with E-state index in [2.05, 4.69) is 19.0 Å². The lowest BCUT2D eigenvalue weighted by Crippen LogP contribution is -2.27. The smallest absolute Gasteiger partial charge is 0.269 e. The molecule has 254 valence electrons. The lowest BCUT2D eigenvalue weighted by molar-refractivity contribution is -0.384. The molecule has 0 amide bonds. The molecule has 7 heteroatoms. The van der Waals surface area contributed by atoms with E-state index < -0.39 is 10.3 Å². The van der Waals surface area contributed by atoms with Crippen molar-refractivity contribution in [1.29, 1.82) is 0 Å². The highest BCUT2D eigenvalue weighted by Gasteiger charge is 2.43. The molecule has 0 unspecified atom stereocenters. The van der Waals surface area contributed by atoms with Crippen LogP contribution in [0.1, 0.15) is 132 Å². The number of unbranched alkanes of at least 4 members (excludes halogenated alkanes) is 6. The van der Waals surface area contributed by atoms with E-state index in [4.69, 9.17) is 0 Å². The van der Waals surface area contributed by atoms with Gasteiger partial charge in [-0.05, 0) is 84.8 Å². The number of benzene rings is 4. The number of nitrogens with zero attached hydrogens (tertiary/aromatic N) is 2. The molecule has 0 aliphatic heterocycles. The largest absolute Gasteiger partial charge is 0.410 e. The number of fused-ring (bicyclic) bond motifs is 3. The minimum atomic E-state index is -0.470. The second-order valence-corrected chi connectivity index (χ2v) is 13.5. The molecule has 4 aromatic carbocycles. The van der Waals surface area contributed by atoms with Gasteiger partial charge in [0, 0.05) is 39.8 Å². The Balaban J connectivity index is 1.63. The normalized spacial score (nSPS) is 13.2. The van der Waals surface area contributed by atoms with Crippen LogP contribution in [0.4, 0.5) is 5.69 Å². The number of oxime groups is 1. The standard InChI is InChI=1S/C42H46N2O5/c1-5-7-9-11-23-42(24-12-10-8-6-2)37-26-31(40(45)30-15-19-33(20-16-30)44(48)49)17-21-34(37)35-22-18-32(27-38(35)42)41(46)39(43-47)36-25-28(3)13-14-29(36)4/h13-22,25-27,47H,5-12,23-24H2,1-4H3/b43-39-. The number of hydrogen-bond donors (Lipinski definition) is 1. The van der Waals surface area contributed by atoms with Crippen LogP contribution in [-0.2, 0) is 5.41 Å². The number of carbonyl (C=O) groups excluding carboxylic acids is 2. The molecular weight excluding hydrogens is 612 g/mol. The Labute approximate surface area is 289 Å². The van der Waals surface area contributed by atoms with Gasteiger partial charge in [0.25, 0.3) is 5.69 Å². The summed E-state index contributed by atoms with van der Waals surface area (Å²) < 4.78 is 0. The van der Waals surface area contributed by atoms with Crippen LogP contribution < -0.4 is 0 Å². The SMILES string of the molecule is CCCCCCC1(CCCCCC)c2cc(C(=O)/C(=N\O)c3cc(C)ccc3C)ccc2-c2ccc(C(=O)c3ccc([N+](=O)[O-])cc3)cc21. The van der Waals surface area contributed by atoms with Crippen molar-refractivity contribution >= 4 is 23.0 Å². The van der Waals surface area contributed by atoms with Crippen molar-refractivity contribution in [2.75, 3.05) is 0 Å². The maximum atomic E-state index is 14.1. The molecule has 0 saturated heterocycles. The van der Waals surface area contributed by atoms with Crippen LogP contribution in [0.3, 0.4) is 0 Å². The molecule has 0 saturated carbocycles. The van der Waals surface area contributed by atoms with Gasteiger partial charge < -0.3 is 5.21 Å². The summed E-state index contributed by atoms with van der Waals surface area (Å²) in [5.74, 6) is -0.525. The molecule has 0 fully saturated rings. The maximum absolute atomic E-state index is 14.1. The molecule has 0 aromatic heterocycles. The zero-order chi connectivity index (χ0) is 35.1. The Bertz CT molecular complexity index is 1880. The average Bonchev–Trinajstić information content (AvgIpc) is 3.38. The Hall–Kier alpha value is -4.91. The van der Waals surface area contributed by atoms with Crippen molar-refractivity contribution in [2.45, 2.75) is 97.3 Å². The van der Waals surface area contributed by atoms with E-state index in [0.29, 0.717) is 22.3 Å². The van der Waals surface area contributed by atoms with Crippen molar-refractivity contribution < 1.29 is 19.7 Å². The number of ketones is 2. The number of nitro groups is 1. The van der Waals surface area contributed by atoms with Gasteiger partial charge in [0.15, 0.2) is 11.5 Å².